The molecule has 166 valence electrons. The fourth-order valence-corrected chi connectivity index (χ4v) is 3.66. The van der Waals surface area contributed by atoms with Crippen LogP contribution in [0.5, 0.6) is 0 Å². The lowest BCUT2D eigenvalue weighted by Crippen LogP contribution is -2.16. The molecule has 0 saturated carbocycles. The van der Waals surface area contributed by atoms with Crippen molar-refractivity contribution < 1.29 is 13.2 Å². The van der Waals surface area contributed by atoms with Crippen molar-refractivity contribution in [3.8, 4) is 16.8 Å². The van der Waals surface area contributed by atoms with E-state index in [1.165, 1.54) is 12.4 Å². The SMILES string of the molecule is CN(C)CCCNc1ncnc2c1c(-c1ccccc1)cn2-c1cccc(C(F)(F)F)c1. The Labute approximate surface area is 184 Å². The molecule has 0 spiro atoms. The lowest BCUT2D eigenvalue weighted by molar-refractivity contribution is -0.137. The third kappa shape index (κ3) is 4.60. The molecule has 1 N–H and O–H groups in total. The summed E-state index contributed by atoms with van der Waals surface area (Å²) in [5.41, 5.74) is 2.04. The lowest BCUT2D eigenvalue weighted by Gasteiger charge is -2.12. The molecule has 2 heterocycles. The van der Waals surface area contributed by atoms with Crippen LogP contribution in [0.1, 0.15) is 12.0 Å². The molecule has 4 aromatic rings. The Balaban J connectivity index is 1.84. The van der Waals surface area contributed by atoms with E-state index in [9.17, 15) is 13.2 Å². The van der Waals surface area contributed by atoms with Gasteiger partial charge in [0.25, 0.3) is 0 Å². The standard InChI is InChI=1S/C24H24F3N5/c1-31(2)13-7-12-28-22-21-20(17-8-4-3-5-9-17)15-32(23(21)30-16-29-22)19-11-6-10-18(14-19)24(25,26)27/h3-6,8-11,14-16H,7,12-13H2,1-2H3,(H,28,29,30). The summed E-state index contributed by atoms with van der Waals surface area (Å²) in [6, 6.07) is 15.0. The van der Waals surface area contributed by atoms with Crippen LogP contribution in [-0.2, 0) is 6.18 Å². The molecule has 2 aromatic heterocycles. The molecule has 0 aliphatic rings. The van der Waals surface area contributed by atoms with E-state index in [1.54, 1.807) is 10.6 Å². The van der Waals surface area contributed by atoms with Crippen molar-refractivity contribution >= 4 is 16.9 Å². The minimum atomic E-state index is -4.42. The maximum Gasteiger partial charge on any atom is 0.416 e. The van der Waals surface area contributed by atoms with Crippen molar-refractivity contribution in [2.75, 3.05) is 32.5 Å². The predicted molar refractivity (Wildman–Crippen MR) is 121 cm³/mol. The van der Waals surface area contributed by atoms with Crippen molar-refractivity contribution in [3.05, 3.63) is 72.7 Å². The van der Waals surface area contributed by atoms with Crippen LogP contribution in [0, 0.1) is 0 Å². The molecule has 8 heteroatoms. The highest BCUT2D eigenvalue weighted by Crippen LogP contribution is 2.36. The lowest BCUT2D eigenvalue weighted by atomic mass is 10.1. The smallest absolute Gasteiger partial charge is 0.369 e. The summed E-state index contributed by atoms with van der Waals surface area (Å²) in [4.78, 5) is 11.0. The molecule has 0 aliphatic carbocycles. The number of nitrogens with one attached hydrogen (secondary N) is 1. The summed E-state index contributed by atoms with van der Waals surface area (Å²) in [6.45, 7) is 1.64. The molecule has 5 nitrogen and oxygen atoms in total. The first-order valence-corrected chi connectivity index (χ1v) is 10.3. The first-order valence-electron chi connectivity index (χ1n) is 10.3. The second-order valence-electron chi connectivity index (χ2n) is 7.83. The molecule has 0 bridgehead atoms. The highest BCUT2D eigenvalue weighted by atomic mass is 19.4. The first-order chi connectivity index (χ1) is 15.3. The normalized spacial score (nSPS) is 11.9. The average molecular weight is 439 g/mol. The van der Waals surface area contributed by atoms with Gasteiger partial charge in [-0.25, -0.2) is 9.97 Å². The minimum Gasteiger partial charge on any atom is -0.369 e. The summed E-state index contributed by atoms with van der Waals surface area (Å²) in [5, 5.41) is 4.16. The highest BCUT2D eigenvalue weighted by molar-refractivity contribution is 6.02. The Morgan fingerprint density at radius 1 is 1.00 bits per heavy atom. The molecule has 4 rings (SSSR count). The molecule has 0 aliphatic heterocycles. The van der Waals surface area contributed by atoms with Gasteiger partial charge in [0.05, 0.1) is 10.9 Å². The Morgan fingerprint density at radius 2 is 1.78 bits per heavy atom. The zero-order valence-electron chi connectivity index (χ0n) is 17.9. The molecule has 32 heavy (non-hydrogen) atoms. The number of aromatic nitrogens is 3. The van der Waals surface area contributed by atoms with E-state index in [0.29, 0.717) is 23.7 Å². The average Bonchev–Trinajstić information content (AvgIpc) is 3.17. The fourth-order valence-electron chi connectivity index (χ4n) is 3.66. The van der Waals surface area contributed by atoms with Crippen LogP contribution in [-0.4, -0.2) is 46.6 Å². The first kappa shape index (κ1) is 21.8. The van der Waals surface area contributed by atoms with Gasteiger partial charge in [0.15, 0.2) is 5.65 Å². The number of hydrogen-bond acceptors (Lipinski definition) is 4. The largest absolute Gasteiger partial charge is 0.416 e. The third-order valence-corrected chi connectivity index (χ3v) is 5.19. The molecule has 0 unspecified atom stereocenters. The van der Waals surface area contributed by atoms with Gasteiger partial charge in [-0.05, 0) is 50.8 Å². The zero-order valence-corrected chi connectivity index (χ0v) is 17.9. The van der Waals surface area contributed by atoms with Crippen molar-refractivity contribution in [3.63, 3.8) is 0 Å². The van der Waals surface area contributed by atoms with Gasteiger partial charge in [0.1, 0.15) is 12.1 Å². The van der Waals surface area contributed by atoms with Gasteiger partial charge in [-0.15, -0.1) is 0 Å². The van der Waals surface area contributed by atoms with Crippen molar-refractivity contribution in [2.45, 2.75) is 12.6 Å². The monoisotopic (exact) mass is 439 g/mol. The molecule has 2 aromatic carbocycles. The van der Waals surface area contributed by atoms with Crippen LogP contribution in [0.4, 0.5) is 19.0 Å². The number of halogens is 3. The molecular weight excluding hydrogens is 415 g/mol. The second kappa shape index (κ2) is 9.00. The predicted octanol–water partition coefficient (Wildman–Crippen LogP) is 5.47. The van der Waals surface area contributed by atoms with Gasteiger partial charge in [-0.3, -0.25) is 0 Å². The number of nitrogens with zero attached hydrogens (tertiary/aromatic N) is 4. The van der Waals surface area contributed by atoms with E-state index in [-0.39, 0.29) is 0 Å². The number of benzene rings is 2. The summed E-state index contributed by atoms with van der Waals surface area (Å²) in [5.74, 6) is 0.665. The number of rotatable bonds is 7. The Hall–Kier alpha value is -3.39. The maximum absolute atomic E-state index is 13.3. The van der Waals surface area contributed by atoms with Crippen LogP contribution in [0.15, 0.2) is 67.1 Å². The van der Waals surface area contributed by atoms with Crippen LogP contribution in [0.3, 0.4) is 0 Å². The molecule has 0 fully saturated rings. The molecular formula is C24H24F3N5. The quantitative estimate of drug-likeness (QED) is 0.388. The van der Waals surface area contributed by atoms with Crippen LogP contribution < -0.4 is 5.32 Å². The van der Waals surface area contributed by atoms with Gasteiger partial charge >= 0.3 is 6.18 Å². The van der Waals surface area contributed by atoms with Crippen LogP contribution >= 0.6 is 0 Å². The van der Waals surface area contributed by atoms with E-state index >= 15 is 0 Å². The summed E-state index contributed by atoms with van der Waals surface area (Å²) in [6.07, 6.45) is -0.229. The number of alkyl halides is 3. The summed E-state index contributed by atoms with van der Waals surface area (Å²) >= 11 is 0. The minimum absolute atomic E-state index is 0.393. The number of hydrogen-bond donors (Lipinski definition) is 1. The van der Waals surface area contributed by atoms with Gasteiger partial charge < -0.3 is 14.8 Å². The highest BCUT2D eigenvalue weighted by Gasteiger charge is 2.30. The van der Waals surface area contributed by atoms with Gasteiger partial charge in [-0.2, -0.15) is 13.2 Å². The van der Waals surface area contributed by atoms with Gasteiger partial charge in [0, 0.05) is 24.0 Å². The van der Waals surface area contributed by atoms with Gasteiger partial charge in [0.2, 0.25) is 0 Å². The Bertz CT molecular complexity index is 1200. The van der Waals surface area contributed by atoms with E-state index < -0.39 is 11.7 Å². The van der Waals surface area contributed by atoms with Crippen LogP contribution in [0.2, 0.25) is 0 Å². The van der Waals surface area contributed by atoms with E-state index in [0.717, 1.165) is 41.6 Å². The molecule has 0 amide bonds. The van der Waals surface area contributed by atoms with Crippen molar-refractivity contribution in [1.29, 1.82) is 0 Å². The number of anilines is 1. The topological polar surface area (TPSA) is 46.0 Å². The molecule has 0 radical (unpaired) electrons. The fraction of sp³-hybridized carbons (Fsp3) is 0.250. The second-order valence-corrected chi connectivity index (χ2v) is 7.83. The van der Waals surface area contributed by atoms with Crippen LogP contribution in [0.25, 0.3) is 27.8 Å². The molecule has 0 atom stereocenters. The van der Waals surface area contributed by atoms with Gasteiger partial charge in [-0.1, -0.05) is 36.4 Å². The van der Waals surface area contributed by atoms with Crippen molar-refractivity contribution in [1.82, 2.24) is 19.4 Å². The zero-order chi connectivity index (χ0) is 22.7. The van der Waals surface area contributed by atoms with Crippen molar-refractivity contribution in [2.24, 2.45) is 0 Å². The Kier molecular flexibility index (Phi) is 6.14. The summed E-state index contributed by atoms with van der Waals surface area (Å²) < 4.78 is 41.6. The third-order valence-electron chi connectivity index (χ3n) is 5.19. The van der Waals surface area contributed by atoms with E-state index in [1.807, 2.05) is 50.6 Å². The van der Waals surface area contributed by atoms with E-state index in [4.69, 9.17) is 0 Å². The molecule has 0 saturated heterocycles. The number of fused-ring (bicyclic) bond motifs is 1. The van der Waals surface area contributed by atoms with E-state index in [2.05, 4.69) is 20.2 Å². The maximum atomic E-state index is 13.3. The Morgan fingerprint density at radius 3 is 2.50 bits per heavy atom. The summed E-state index contributed by atoms with van der Waals surface area (Å²) in [7, 11) is 4.04.